The van der Waals surface area contributed by atoms with Crippen LogP contribution in [0.1, 0.15) is 37.5 Å². The molecule has 0 unspecified atom stereocenters. The van der Waals surface area contributed by atoms with Crippen LogP contribution in [0.25, 0.3) is 0 Å². The summed E-state index contributed by atoms with van der Waals surface area (Å²) in [7, 11) is -3.55. The molecule has 0 radical (unpaired) electrons. The molecule has 3 rings (SSSR count). The molecular formula is C19H31N3O3S2. The topological polar surface area (TPSA) is 69.7 Å². The molecule has 1 aromatic heterocycles. The van der Waals surface area contributed by atoms with Gasteiger partial charge in [-0.15, -0.1) is 11.3 Å². The van der Waals surface area contributed by atoms with E-state index in [4.69, 9.17) is 0 Å². The monoisotopic (exact) mass is 413 g/mol. The molecule has 2 aliphatic rings. The molecule has 0 spiro atoms. The maximum atomic E-state index is 12.4. The van der Waals surface area contributed by atoms with E-state index >= 15 is 0 Å². The van der Waals surface area contributed by atoms with Crippen LogP contribution in [0.4, 0.5) is 0 Å². The van der Waals surface area contributed by atoms with E-state index in [0.717, 1.165) is 51.7 Å². The number of carbonyl (C=O) groups excluding carboxylic acids is 1. The van der Waals surface area contributed by atoms with Crippen molar-refractivity contribution < 1.29 is 13.2 Å². The van der Waals surface area contributed by atoms with Crippen LogP contribution in [-0.2, 0) is 21.2 Å². The fourth-order valence-corrected chi connectivity index (χ4v) is 5.90. The second-order valence-electron chi connectivity index (χ2n) is 7.89. The first-order chi connectivity index (χ1) is 12.9. The van der Waals surface area contributed by atoms with Gasteiger partial charge < -0.3 is 4.90 Å². The first-order valence-corrected chi connectivity index (χ1v) is 12.5. The second-order valence-corrected chi connectivity index (χ2v) is 10.7. The van der Waals surface area contributed by atoms with Crippen LogP contribution >= 0.6 is 11.3 Å². The van der Waals surface area contributed by atoms with Crippen molar-refractivity contribution >= 4 is 27.3 Å². The van der Waals surface area contributed by atoms with Gasteiger partial charge in [0.25, 0.3) is 0 Å². The lowest BCUT2D eigenvalue weighted by molar-refractivity contribution is -0.130. The van der Waals surface area contributed by atoms with Crippen molar-refractivity contribution in [3.8, 4) is 0 Å². The molecule has 6 nitrogen and oxygen atoms in total. The molecule has 8 heteroatoms. The van der Waals surface area contributed by atoms with Crippen molar-refractivity contribution in [2.75, 3.05) is 38.5 Å². The molecular weight excluding hydrogens is 382 g/mol. The Morgan fingerprint density at radius 2 is 1.89 bits per heavy atom. The number of thiophene rings is 1. The van der Waals surface area contributed by atoms with Crippen LogP contribution in [-0.4, -0.2) is 68.6 Å². The maximum absolute atomic E-state index is 12.4. The fourth-order valence-electron chi connectivity index (χ4n) is 3.87. The van der Waals surface area contributed by atoms with E-state index in [2.05, 4.69) is 34.1 Å². The number of hydrogen-bond donors (Lipinski definition) is 1. The predicted molar refractivity (Wildman–Crippen MR) is 109 cm³/mol. The highest BCUT2D eigenvalue weighted by Crippen LogP contribution is 2.23. The highest BCUT2D eigenvalue weighted by molar-refractivity contribution is 7.90. The summed E-state index contributed by atoms with van der Waals surface area (Å²) in [5, 5.41) is 2.09. The van der Waals surface area contributed by atoms with E-state index in [1.54, 1.807) is 16.2 Å². The number of carbonyl (C=O) groups is 1. The molecule has 1 aromatic rings. The van der Waals surface area contributed by atoms with Gasteiger partial charge in [0.1, 0.15) is 5.75 Å². The Labute approximate surface area is 167 Å². The zero-order valence-electron chi connectivity index (χ0n) is 16.1. The summed E-state index contributed by atoms with van der Waals surface area (Å²) in [4.78, 5) is 17.9. The van der Waals surface area contributed by atoms with Gasteiger partial charge in [-0.2, -0.15) is 0 Å². The smallest absolute Gasteiger partial charge is 0.239 e. The lowest BCUT2D eigenvalue weighted by Gasteiger charge is -2.34. The highest BCUT2D eigenvalue weighted by Gasteiger charge is 2.28. The minimum Gasteiger partial charge on any atom is -0.339 e. The molecule has 0 atom stereocenters. The quantitative estimate of drug-likeness (QED) is 0.742. The molecule has 1 aliphatic heterocycles. The van der Waals surface area contributed by atoms with Crippen LogP contribution < -0.4 is 4.72 Å². The van der Waals surface area contributed by atoms with Crippen LogP contribution in [0.15, 0.2) is 17.5 Å². The zero-order valence-corrected chi connectivity index (χ0v) is 17.7. The van der Waals surface area contributed by atoms with Crippen LogP contribution in [0, 0.1) is 5.92 Å². The summed E-state index contributed by atoms with van der Waals surface area (Å²) in [5.41, 5.74) is 0. The van der Waals surface area contributed by atoms with Gasteiger partial charge in [-0.1, -0.05) is 13.0 Å². The van der Waals surface area contributed by atoms with Gasteiger partial charge in [0.2, 0.25) is 15.9 Å². The molecule has 1 saturated carbocycles. The largest absolute Gasteiger partial charge is 0.339 e. The Morgan fingerprint density at radius 1 is 1.19 bits per heavy atom. The third kappa shape index (κ3) is 6.55. The maximum Gasteiger partial charge on any atom is 0.239 e. The third-order valence-electron chi connectivity index (χ3n) is 5.66. The number of nitrogens with zero attached hydrogens (tertiary/aromatic N) is 2. The Morgan fingerprint density at radius 3 is 2.52 bits per heavy atom. The lowest BCUT2D eigenvalue weighted by Crippen LogP contribution is -2.51. The van der Waals surface area contributed by atoms with Crippen molar-refractivity contribution in [3.05, 3.63) is 22.4 Å². The second kappa shape index (κ2) is 9.49. The Hall–Kier alpha value is -0.960. The van der Waals surface area contributed by atoms with Crippen molar-refractivity contribution in [1.82, 2.24) is 14.5 Å². The number of piperazine rings is 1. The first kappa shape index (κ1) is 20.8. The zero-order chi connectivity index (χ0) is 19.3. The summed E-state index contributed by atoms with van der Waals surface area (Å²) in [6.45, 7) is 6.03. The van der Waals surface area contributed by atoms with Gasteiger partial charge in [0.15, 0.2) is 0 Å². The number of nitrogens with one attached hydrogen (secondary N) is 1. The van der Waals surface area contributed by atoms with Crippen molar-refractivity contribution in [2.24, 2.45) is 5.92 Å². The van der Waals surface area contributed by atoms with Gasteiger partial charge in [0.05, 0.1) is 0 Å². The van der Waals surface area contributed by atoms with E-state index in [1.807, 2.05) is 0 Å². The molecule has 2 heterocycles. The van der Waals surface area contributed by atoms with Crippen LogP contribution in [0.2, 0.25) is 0 Å². The summed E-state index contributed by atoms with van der Waals surface area (Å²) >= 11 is 1.77. The number of hydrogen-bond acceptors (Lipinski definition) is 5. The summed E-state index contributed by atoms with van der Waals surface area (Å²) < 4.78 is 27.5. The van der Waals surface area contributed by atoms with E-state index in [0.29, 0.717) is 19.0 Å². The van der Waals surface area contributed by atoms with E-state index < -0.39 is 15.8 Å². The summed E-state index contributed by atoms with van der Waals surface area (Å²) in [6, 6.07) is 4.21. The molecule has 152 valence electrons. The molecule has 1 amide bonds. The van der Waals surface area contributed by atoms with Crippen LogP contribution in [0.3, 0.4) is 0 Å². The average molecular weight is 414 g/mol. The molecule has 0 aromatic carbocycles. The van der Waals surface area contributed by atoms with Gasteiger partial charge in [-0.3, -0.25) is 9.69 Å². The normalized spacial score (nSPS) is 24.9. The molecule has 0 bridgehead atoms. The van der Waals surface area contributed by atoms with Gasteiger partial charge in [0, 0.05) is 43.6 Å². The van der Waals surface area contributed by atoms with E-state index in [-0.39, 0.29) is 11.9 Å². The van der Waals surface area contributed by atoms with Gasteiger partial charge >= 0.3 is 0 Å². The lowest BCUT2D eigenvalue weighted by atomic mass is 9.88. The minimum atomic E-state index is -3.55. The number of sulfonamides is 1. The molecule has 2 fully saturated rings. The molecule has 1 saturated heterocycles. The van der Waals surface area contributed by atoms with Crippen molar-refractivity contribution in [1.29, 1.82) is 0 Å². The molecule has 1 N–H and O–H groups in total. The van der Waals surface area contributed by atoms with E-state index in [1.165, 1.54) is 4.88 Å². The fraction of sp³-hybridized carbons (Fsp3) is 0.737. The Bertz CT molecular complexity index is 690. The molecule has 27 heavy (non-hydrogen) atoms. The van der Waals surface area contributed by atoms with E-state index in [9.17, 15) is 13.2 Å². The van der Waals surface area contributed by atoms with Crippen molar-refractivity contribution in [2.45, 2.75) is 45.1 Å². The van der Waals surface area contributed by atoms with Gasteiger partial charge in [-0.25, -0.2) is 13.1 Å². The predicted octanol–water partition coefficient (Wildman–Crippen LogP) is 1.93. The SMILES string of the molecule is CC1CCC(NS(=O)(=O)CC(=O)N2CCN(CCc3cccs3)CC2)CC1. The first-order valence-electron chi connectivity index (χ1n) is 9.94. The Balaban J connectivity index is 1.39. The third-order valence-corrected chi connectivity index (χ3v) is 7.91. The van der Waals surface area contributed by atoms with Gasteiger partial charge in [-0.05, 0) is 49.5 Å². The number of amides is 1. The molecule has 1 aliphatic carbocycles. The van der Waals surface area contributed by atoms with Crippen molar-refractivity contribution in [3.63, 3.8) is 0 Å². The average Bonchev–Trinajstić information content (AvgIpc) is 3.15. The summed E-state index contributed by atoms with van der Waals surface area (Å²) in [6.07, 6.45) is 4.88. The summed E-state index contributed by atoms with van der Waals surface area (Å²) in [5.74, 6) is -0.0260. The van der Waals surface area contributed by atoms with Crippen LogP contribution in [0.5, 0.6) is 0 Å². The Kier molecular flexibility index (Phi) is 7.30. The number of rotatable bonds is 7. The minimum absolute atomic E-state index is 0.00639. The highest BCUT2D eigenvalue weighted by atomic mass is 32.2. The standard InChI is InChI=1S/C19H31N3O3S2/c1-16-4-6-17(7-5-16)20-27(24,25)15-19(23)22-12-10-21(11-13-22)9-8-18-3-2-14-26-18/h2-3,14,16-17,20H,4-13,15H2,1H3.